The summed E-state index contributed by atoms with van der Waals surface area (Å²) in [5.41, 5.74) is 2.84. The number of hydrogen-bond acceptors (Lipinski definition) is 2. The Morgan fingerprint density at radius 1 is 1.25 bits per heavy atom. The lowest BCUT2D eigenvalue weighted by atomic mass is 10.1. The zero-order valence-corrected chi connectivity index (χ0v) is 11.0. The van der Waals surface area contributed by atoms with Crippen LogP contribution in [0.25, 0.3) is 0 Å². The molecule has 0 aliphatic heterocycles. The second kappa shape index (κ2) is 6.66. The van der Waals surface area contributed by atoms with Crippen molar-refractivity contribution in [1.82, 2.24) is 10.2 Å². The number of hydrogen-bond donors (Lipinski definition) is 1. The van der Waals surface area contributed by atoms with Crippen LogP contribution in [0, 0.1) is 6.92 Å². The summed E-state index contributed by atoms with van der Waals surface area (Å²) < 4.78 is 0. The first-order valence-corrected chi connectivity index (χ1v) is 6.02. The SMILES string of the molecule is Cc1ccccc1CCNC(C)CN(C)C. The topological polar surface area (TPSA) is 15.3 Å². The van der Waals surface area contributed by atoms with E-state index in [4.69, 9.17) is 0 Å². The quantitative estimate of drug-likeness (QED) is 0.789. The van der Waals surface area contributed by atoms with Crippen molar-refractivity contribution >= 4 is 0 Å². The zero-order valence-electron chi connectivity index (χ0n) is 11.0. The zero-order chi connectivity index (χ0) is 12.0. The van der Waals surface area contributed by atoms with Crippen molar-refractivity contribution in [2.75, 3.05) is 27.2 Å². The first-order chi connectivity index (χ1) is 7.59. The Kier molecular flexibility index (Phi) is 5.50. The van der Waals surface area contributed by atoms with Crippen molar-refractivity contribution in [2.24, 2.45) is 0 Å². The maximum Gasteiger partial charge on any atom is 0.0166 e. The number of likely N-dealkylation sites (N-methyl/N-ethyl adjacent to an activating group) is 1. The van der Waals surface area contributed by atoms with Crippen LogP contribution in [0.1, 0.15) is 18.1 Å². The van der Waals surface area contributed by atoms with Crippen LogP contribution in [0.4, 0.5) is 0 Å². The van der Waals surface area contributed by atoms with Crippen molar-refractivity contribution in [3.63, 3.8) is 0 Å². The van der Waals surface area contributed by atoms with Crippen LogP contribution in [0.5, 0.6) is 0 Å². The highest BCUT2D eigenvalue weighted by Gasteiger charge is 2.02. The molecule has 90 valence electrons. The molecule has 1 N–H and O–H groups in total. The maximum atomic E-state index is 3.55. The molecule has 2 heteroatoms. The van der Waals surface area contributed by atoms with Gasteiger partial charge < -0.3 is 10.2 Å². The summed E-state index contributed by atoms with van der Waals surface area (Å²) in [5, 5.41) is 3.55. The van der Waals surface area contributed by atoms with Crippen LogP contribution in [0.15, 0.2) is 24.3 Å². The highest BCUT2D eigenvalue weighted by atomic mass is 15.1. The van der Waals surface area contributed by atoms with Crippen LogP contribution >= 0.6 is 0 Å². The van der Waals surface area contributed by atoms with E-state index in [9.17, 15) is 0 Å². The second-order valence-corrected chi connectivity index (χ2v) is 4.79. The maximum absolute atomic E-state index is 3.55. The van der Waals surface area contributed by atoms with Crippen molar-refractivity contribution < 1.29 is 0 Å². The molecule has 0 aromatic heterocycles. The highest BCUT2D eigenvalue weighted by Crippen LogP contribution is 2.06. The molecule has 0 fully saturated rings. The van der Waals surface area contributed by atoms with Crippen LogP contribution in [-0.4, -0.2) is 38.1 Å². The van der Waals surface area contributed by atoms with Crippen molar-refractivity contribution in [3.8, 4) is 0 Å². The molecule has 0 saturated carbocycles. The monoisotopic (exact) mass is 220 g/mol. The summed E-state index contributed by atoms with van der Waals surface area (Å²) in [4.78, 5) is 2.21. The summed E-state index contributed by atoms with van der Waals surface area (Å²) in [5.74, 6) is 0. The van der Waals surface area contributed by atoms with Gasteiger partial charge in [-0.3, -0.25) is 0 Å². The molecule has 1 unspecified atom stereocenters. The summed E-state index contributed by atoms with van der Waals surface area (Å²) in [7, 11) is 4.22. The number of nitrogens with one attached hydrogen (secondary N) is 1. The highest BCUT2D eigenvalue weighted by molar-refractivity contribution is 5.25. The van der Waals surface area contributed by atoms with E-state index >= 15 is 0 Å². The molecule has 1 aromatic carbocycles. The van der Waals surface area contributed by atoms with E-state index in [1.807, 2.05) is 0 Å². The fraction of sp³-hybridized carbons (Fsp3) is 0.571. The molecule has 0 amide bonds. The van der Waals surface area contributed by atoms with Gasteiger partial charge in [0.05, 0.1) is 0 Å². The molecule has 0 bridgehead atoms. The number of rotatable bonds is 6. The van der Waals surface area contributed by atoms with E-state index < -0.39 is 0 Å². The molecule has 0 heterocycles. The van der Waals surface area contributed by atoms with E-state index in [1.165, 1.54) is 11.1 Å². The molecule has 0 saturated heterocycles. The van der Waals surface area contributed by atoms with Crippen LogP contribution in [0.3, 0.4) is 0 Å². The Balaban J connectivity index is 2.28. The van der Waals surface area contributed by atoms with Crippen LogP contribution in [-0.2, 0) is 6.42 Å². The molecule has 1 rings (SSSR count). The van der Waals surface area contributed by atoms with Gasteiger partial charge in [-0.2, -0.15) is 0 Å². The van der Waals surface area contributed by atoms with Gasteiger partial charge in [-0.1, -0.05) is 24.3 Å². The van der Waals surface area contributed by atoms with Gasteiger partial charge in [0.15, 0.2) is 0 Å². The minimum absolute atomic E-state index is 0.555. The third-order valence-electron chi connectivity index (χ3n) is 2.79. The smallest absolute Gasteiger partial charge is 0.0166 e. The van der Waals surface area contributed by atoms with Gasteiger partial charge >= 0.3 is 0 Å². The van der Waals surface area contributed by atoms with E-state index in [0.29, 0.717) is 6.04 Å². The molecule has 1 aromatic rings. The molecule has 1 atom stereocenters. The Hall–Kier alpha value is -0.860. The van der Waals surface area contributed by atoms with Gasteiger partial charge in [0, 0.05) is 12.6 Å². The van der Waals surface area contributed by atoms with Gasteiger partial charge in [0.1, 0.15) is 0 Å². The van der Waals surface area contributed by atoms with Gasteiger partial charge in [0.25, 0.3) is 0 Å². The molecular weight excluding hydrogens is 196 g/mol. The fourth-order valence-corrected chi connectivity index (χ4v) is 1.96. The number of benzene rings is 1. The van der Waals surface area contributed by atoms with Crippen molar-refractivity contribution in [1.29, 1.82) is 0 Å². The minimum Gasteiger partial charge on any atom is -0.313 e. The normalized spacial score (nSPS) is 13.1. The molecule has 0 aliphatic rings. The van der Waals surface area contributed by atoms with Crippen molar-refractivity contribution in [3.05, 3.63) is 35.4 Å². The third-order valence-corrected chi connectivity index (χ3v) is 2.79. The van der Waals surface area contributed by atoms with Crippen LogP contribution < -0.4 is 5.32 Å². The number of nitrogens with zero attached hydrogens (tertiary/aromatic N) is 1. The van der Waals surface area contributed by atoms with E-state index in [0.717, 1.165) is 19.5 Å². The summed E-state index contributed by atoms with van der Waals surface area (Å²) in [6.45, 7) is 6.56. The summed E-state index contributed by atoms with van der Waals surface area (Å²) in [6, 6.07) is 9.16. The van der Waals surface area contributed by atoms with Crippen molar-refractivity contribution in [2.45, 2.75) is 26.3 Å². The van der Waals surface area contributed by atoms with Gasteiger partial charge in [0.2, 0.25) is 0 Å². The first kappa shape index (κ1) is 13.2. The van der Waals surface area contributed by atoms with E-state index in [-0.39, 0.29) is 0 Å². The predicted molar refractivity (Wildman–Crippen MR) is 70.9 cm³/mol. The Bertz CT molecular complexity index is 307. The molecule has 0 aliphatic carbocycles. The standard InChI is InChI=1S/C14H24N2/c1-12-7-5-6-8-14(12)9-10-15-13(2)11-16(3)4/h5-8,13,15H,9-11H2,1-4H3. The lowest BCUT2D eigenvalue weighted by molar-refractivity contribution is 0.351. The fourth-order valence-electron chi connectivity index (χ4n) is 1.96. The molecule has 2 nitrogen and oxygen atoms in total. The van der Waals surface area contributed by atoms with Crippen LogP contribution in [0.2, 0.25) is 0 Å². The average Bonchev–Trinajstić information content (AvgIpc) is 2.19. The molecule has 16 heavy (non-hydrogen) atoms. The Labute approximate surface area is 99.7 Å². The lowest BCUT2D eigenvalue weighted by Crippen LogP contribution is -2.36. The third kappa shape index (κ3) is 4.77. The summed E-state index contributed by atoms with van der Waals surface area (Å²) >= 11 is 0. The average molecular weight is 220 g/mol. The Morgan fingerprint density at radius 3 is 2.56 bits per heavy atom. The van der Waals surface area contributed by atoms with E-state index in [2.05, 4.69) is 62.4 Å². The van der Waals surface area contributed by atoms with Gasteiger partial charge in [-0.15, -0.1) is 0 Å². The molecule has 0 spiro atoms. The minimum atomic E-state index is 0.555. The number of aryl methyl sites for hydroxylation is 1. The van der Waals surface area contributed by atoms with Gasteiger partial charge in [-0.25, -0.2) is 0 Å². The van der Waals surface area contributed by atoms with E-state index in [1.54, 1.807) is 0 Å². The van der Waals surface area contributed by atoms with Gasteiger partial charge in [-0.05, 0) is 52.0 Å². The largest absolute Gasteiger partial charge is 0.313 e. The molecular formula is C14H24N2. The summed E-state index contributed by atoms with van der Waals surface area (Å²) in [6.07, 6.45) is 1.12. The molecule has 0 radical (unpaired) electrons. The predicted octanol–water partition coefficient (Wildman–Crippen LogP) is 2.08. The first-order valence-electron chi connectivity index (χ1n) is 6.02. The Morgan fingerprint density at radius 2 is 1.94 bits per heavy atom. The second-order valence-electron chi connectivity index (χ2n) is 4.79. The lowest BCUT2D eigenvalue weighted by Gasteiger charge is -2.18.